The highest BCUT2D eigenvalue weighted by Crippen LogP contribution is 2.27. The zero-order valence-corrected chi connectivity index (χ0v) is 7.30. The van der Waals surface area contributed by atoms with Crippen molar-refractivity contribution in [1.29, 1.82) is 0 Å². The van der Waals surface area contributed by atoms with E-state index in [1.54, 1.807) is 0 Å². The number of hydrogen-bond donors (Lipinski definition) is 0. The number of rotatable bonds is 1. The summed E-state index contributed by atoms with van der Waals surface area (Å²) in [5.41, 5.74) is 5.46. The predicted octanol–water partition coefficient (Wildman–Crippen LogP) is 3.29. The normalized spacial score (nSPS) is 13.9. The van der Waals surface area contributed by atoms with Crippen molar-refractivity contribution in [3.05, 3.63) is 47.5 Å². The predicted molar refractivity (Wildman–Crippen MR) is 53.9 cm³/mol. The Morgan fingerprint density at radius 1 is 1.42 bits per heavy atom. The molecule has 0 saturated heterocycles. The van der Waals surface area contributed by atoms with Crippen LogP contribution < -0.4 is 0 Å². The van der Waals surface area contributed by atoms with E-state index in [2.05, 4.69) is 37.8 Å². The lowest BCUT2D eigenvalue weighted by Crippen LogP contribution is -1.83. The van der Waals surface area contributed by atoms with E-state index in [0.717, 1.165) is 6.42 Å². The fraction of sp³-hybridized carbons (Fsp3) is 0.167. The largest absolute Gasteiger partial charge is 0.0985 e. The molecule has 0 atom stereocenters. The quantitative estimate of drug-likeness (QED) is 0.585. The third kappa shape index (κ3) is 1.00. The van der Waals surface area contributed by atoms with Crippen molar-refractivity contribution in [2.24, 2.45) is 0 Å². The third-order valence-electron chi connectivity index (χ3n) is 2.42. The summed E-state index contributed by atoms with van der Waals surface area (Å²) in [6.07, 6.45) is 5.26. The smallest absolute Gasteiger partial charge is 0.00853 e. The monoisotopic (exact) mass is 156 g/mol. The van der Waals surface area contributed by atoms with Gasteiger partial charge in [0.25, 0.3) is 0 Å². The molecule has 0 amide bonds. The van der Waals surface area contributed by atoms with E-state index in [1.165, 1.54) is 22.3 Å². The molecule has 2 rings (SSSR count). The van der Waals surface area contributed by atoms with E-state index in [0.29, 0.717) is 0 Å². The standard InChI is InChI=1S/C12H12/c1-3-10-5-7-12-9(2)4-6-11(12)8-10/h3-5,7-8H,1,6H2,2H3. The van der Waals surface area contributed by atoms with Gasteiger partial charge in [-0.15, -0.1) is 0 Å². The van der Waals surface area contributed by atoms with Crippen molar-refractivity contribution in [2.45, 2.75) is 13.3 Å². The topological polar surface area (TPSA) is 0 Å². The Balaban J connectivity index is 2.53. The first-order chi connectivity index (χ1) is 5.81. The molecule has 0 heterocycles. The molecule has 0 spiro atoms. The molecule has 1 aromatic carbocycles. The Kier molecular flexibility index (Phi) is 1.61. The van der Waals surface area contributed by atoms with Crippen molar-refractivity contribution < 1.29 is 0 Å². The molecule has 0 nitrogen and oxygen atoms in total. The molecule has 0 N–H and O–H groups in total. The van der Waals surface area contributed by atoms with Crippen molar-refractivity contribution >= 4 is 11.6 Å². The summed E-state index contributed by atoms with van der Waals surface area (Å²) >= 11 is 0. The summed E-state index contributed by atoms with van der Waals surface area (Å²) in [6, 6.07) is 6.52. The number of allylic oxidation sites excluding steroid dienone is 2. The van der Waals surface area contributed by atoms with Crippen LogP contribution in [0.1, 0.15) is 23.6 Å². The van der Waals surface area contributed by atoms with Gasteiger partial charge in [0.15, 0.2) is 0 Å². The summed E-state index contributed by atoms with van der Waals surface area (Å²) in [5.74, 6) is 0. The highest BCUT2D eigenvalue weighted by Gasteiger charge is 2.09. The second kappa shape index (κ2) is 2.63. The van der Waals surface area contributed by atoms with Crippen molar-refractivity contribution in [3.63, 3.8) is 0 Å². The maximum absolute atomic E-state index is 3.76. The summed E-state index contributed by atoms with van der Waals surface area (Å²) in [4.78, 5) is 0. The molecule has 0 unspecified atom stereocenters. The van der Waals surface area contributed by atoms with Crippen LogP contribution >= 0.6 is 0 Å². The van der Waals surface area contributed by atoms with Gasteiger partial charge in [0.1, 0.15) is 0 Å². The highest BCUT2D eigenvalue weighted by molar-refractivity contribution is 5.72. The molecule has 0 aromatic heterocycles. The molecule has 0 aliphatic heterocycles. The van der Waals surface area contributed by atoms with Gasteiger partial charge in [-0.2, -0.15) is 0 Å². The molecule has 0 fully saturated rings. The van der Waals surface area contributed by atoms with E-state index in [4.69, 9.17) is 0 Å². The first-order valence-electron chi connectivity index (χ1n) is 4.24. The molecule has 0 bridgehead atoms. The fourth-order valence-electron chi connectivity index (χ4n) is 1.67. The first-order valence-corrected chi connectivity index (χ1v) is 4.24. The van der Waals surface area contributed by atoms with Gasteiger partial charge < -0.3 is 0 Å². The average molecular weight is 156 g/mol. The van der Waals surface area contributed by atoms with E-state index in [-0.39, 0.29) is 0 Å². The molecule has 0 heteroatoms. The van der Waals surface area contributed by atoms with Crippen LogP contribution in [0.2, 0.25) is 0 Å². The molecule has 1 aliphatic rings. The van der Waals surface area contributed by atoms with Gasteiger partial charge in [-0.1, -0.05) is 36.9 Å². The zero-order chi connectivity index (χ0) is 8.55. The lowest BCUT2D eigenvalue weighted by Gasteiger charge is -2.01. The summed E-state index contributed by atoms with van der Waals surface area (Å²) in [6.45, 7) is 5.92. The van der Waals surface area contributed by atoms with E-state index < -0.39 is 0 Å². The molecule has 1 aliphatic carbocycles. The molecular weight excluding hydrogens is 144 g/mol. The summed E-state index contributed by atoms with van der Waals surface area (Å²) in [7, 11) is 0. The lowest BCUT2D eigenvalue weighted by molar-refractivity contribution is 1.31. The lowest BCUT2D eigenvalue weighted by atomic mass is 10.0. The minimum atomic E-state index is 1.09. The minimum Gasteiger partial charge on any atom is -0.0985 e. The van der Waals surface area contributed by atoms with Gasteiger partial charge in [0, 0.05) is 0 Å². The van der Waals surface area contributed by atoms with Crippen LogP contribution in [0.25, 0.3) is 11.6 Å². The van der Waals surface area contributed by atoms with Gasteiger partial charge in [-0.3, -0.25) is 0 Å². The Labute approximate surface area is 73.2 Å². The van der Waals surface area contributed by atoms with Gasteiger partial charge in [0.05, 0.1) is 0 Å². The van der Waals surface area contributed by atoms with Gasteiger partial charge in [0.2, 0.25) is 0 Å². The zero-order valence-electron chi connectivity index (χ0n) is 7.30. The van der Waals surface area contributed by atoms with Crippen molar-refractivity contribution in [3.8, 4) is 0 Å². The Hall–Kier alpha value is -1.30. The van der Waals surface area contributed by atoms with Gasteiger partial charge in [-0.25, -0.2) is 0 Å². The molecule has 12 heavy (non-hydrogen) atoms. The van der Waals surface area contributed by atoms with Crippen LogP contribution in [0.4, 0.5) is 0 Å². The van der Waals surface area contributed by atoms with Crippen LogP contribution in [-0.2, 0) is 6.42 Å². The number of benzene rings is 1. The van der Waals surface area contributed by atoms with Crippen LogP contribution in [0.3, 0.4) is 0 Å². The fourth-order valence-corrected chi connectivity index (χ4v) is 1.67. The van der Waals surface area contributed by atoms with Crippen molar-refractivity contribution in [2.75, 3.05) is 0 Å². The molecule has 0 radical (unpaired) electrons. The first kappa shape index (κ1) is 7.35. The van der Waals surface area contributed by atoms with Crippen LogP contribution in [0, 0.1) is 0 Å². The molecule has 60 valence electrons. The maximum atomic E-state index is 3.76. The Morgan fingerprint density at radius 2 is 2.25 bits per heavy atom. The number of fused-ring (bicyclic) bond motifs is 1. The average Bonchev–Trinajstić information content (AvgIpc) is 2.47. The molecule has 1 aromatic rings. The summed E-state index contributed by atoms with van der Waals surface area (Å²) < 4.78 is 0. The number of hydrogen-bond acceptors (Lipinski definition) is 0. The van der Waals surface area contributed by atoms with Crippen LogP contribution in [-0.4, -0.2) is 0 Å². The van der Waals surface area contributed by atoms with E-state index in [1.807, 2.05) is 6.08 Å². The second-order valence-corrected chi connectivity index (χ2v) is 3.21. The summed E-state index contributed by atoms with van der Waals surface area (Å²) in [5, 5.41) is 0. The third-order valence-corrected chi connectivity index (χ3v) is 2.42. The van der Waals surface area contributed by atoms with Crippen LogP contribution in [0.5, 0.6) is 0 Å². The van der Waals surface area contributed by atoms with Crippen LogP contribution in [0.15, 0.2) is 30.9 Å². The highest BCUT2D eigenvalue weighted by atomic mass is 14.1. The molecule has 0 saturated carbocycles. The van der Waals surface area contributed by atoms with Crippen molar-refractivity contribution in [1.82, 2.24) is 0 Å². The Bertz CT molecular complexity index is 356. The van der Waals surface area contributed by atoms with E-state index >= 15 is 0 Å². The maximum Gasteiger partial charge on any atom is -0.00853 e. The minimum absolute atomic E-state index is 1.09. The second-order valence-electron chi connectivity index (χ2n) is 3.21. The van der Waals surface area contributed by atoms with Gasteiger partial charge >= 0.3 is 0 Å². The van der Waals surface area contributed by atoms with Gasteiger partial charge in [-0.05, 0) is 35.6 Å². The van der Waals surface area contributed by atoms with E-state index in [9.17, 15) is 0 Å². The molecular formula is C12H12. The Morgan fingerprint density at radius 3 is 3.00 bits per heavy atom. The SMILES string of the molecule is C=Cc1ccc2c(c1)CC=C2C.